The maximum Gasteiger partial charge on any atom is 0.220 e. The Hall–Kier alpha value is -0.610. The van der Waals surface area contributed by atoms with Crippen molar-refractivity contribution in [2.75, 3.05) is 19.6 Å². The van der Waals surface area contributed by atoms with E-state index in [1.54, 1.807) is 0 Å². The summed E-state index contributed by atoms with van der Waals surface area (Å²) in [7, 11) is 0. The highest BCUT2D eigenvalue weighted by Gasteiger charge is 2.20. The molecule has 19 heavy (non-hydrogen) atoms. The Morgan fingerprint density at radius 2 is 2.05 bits per heavy atom. The lowest BCUT2D eigenvalue weighted by atomic mass is 9.87. The lowest BCUT2D eigenvalue weighted by Crippen LogP contribution is -2.34. The van der Waals surface area contributed by atoms with Crippen molar-refractivity contribution in [3.63, 3.8) is 0 Å². The normalized spacial score (nSPS) is 31.9. The van der Waals surface area contributed by atoms with E-state index in [0.29, 0.717) is 18.3 Å². The molecule has 0 bridgehead atoms. The molecule has 0 aromatic carbocycles. The highest BCUT2D eigenvalue weighted by Crippen LogP contribution is 2.23. The van der Waals surface area contributed by atoms with E-state index in [9.17, 15) is 9.90 Å². The summed E-state index contributed by atoms with van der Waals surface area (Å²) in [6, 6.07) is 0. The van der Waals surface area contributed by atoms with Crippen LogP contribution >= 0.6 is 0 Å². The van der Waals surface area contributed by atoms with Gasteiger partial charge in [0, 0.05) is 13.0 Å². The Bertz CT molecular complexity index is 277. The molecule has 0 spiro atoms. The Morgan fingerprint density at radius 3 is 2.79 bits per heavy atom. The molecule has 1 aliphatic heterocycles. The highest BCUT2D eigenvalue weighted by molar-refractivity contribution is 5.75. The third kappa shape index (κ3) is 5.49. The number of amides is 1. The summed E-state index contributed by atoms with van der Waals surface area (Å²) in [6.07, 6.45) is 8.03. The number of carbonyl (C=O) groups excluding carboxylic acids is 1. The average molecular weight is 268 g/mol. The second kappa shape index (κ2) is 7.85. The molecule has 4 heteroatoms. The van der Waals surface area contributed by atoms with Gasteiger partial charge in [-0.1, -0.05) is 6.42 Å². The Kier molecular flexibility index (Phi) is 6.11. The Labute approximate surface area is 116 Å². The van der Waals surface area contributed by atoms with Crippen LogP contribution in [0.5, 0.6) is 0 Å². The van der Waals surface area contributed by atoms with Crippen LogP contribution in [0.15, 0.2) is 0 Å². The minimum atomic E-state index is -0.149. The van der Waals surface area contributed by atoms with Gasteiger partial charge in [-0.2, -0.15) is 0 Å². The fourth-order valence-electron chi connectivity index (χ4n) is 3.30. The quantitative estimate of drug-likeness (QED) is 0.707. The van der Waals surface area contributed by atoms with Gasteiger partial charge in [-0.3, -0.25) is 4.79 Å². The molecule has 110 valence electrons. The Balaban J connectivity index is 1.56. The zero-order valence-electron chi connectivity index (χ0n) is 11.9. The van der Waals surface area contributed by atoms with Crippen molar-refractivity contribution in [3.8, 4) is 0 Å². The predicted molar refractivity (Wildman–Crippen MR) is 75.8 cm³/mol. The summed E-state index contributed by atoms with van der Waals surface area (Å²) in [6.45, 7) is 2.95. The first-order valence-corrected chi connectivity index (χ1v) is 7.89. The Morgan fingerprint density at radius 1 is 1.21 bits per heavy atom. The molecule has 1 saturated heterocycles. The molecule has 1 aliphatic carbocycles. The largest absolute Gasteiger partial charge is 0.393 e. The molecule has 2 fully saturated rings. The van der Waals surface area contributed by atoms with E-state index in [2.05, 4.69) is 10.6 Å². The van der Waals surface area contributed by atoms with Gasteiger partial charge in [0.25, 0.3) is 0 Å². The van der Waals surface area contributed by atoms with E-state index in [1.807, 2.05) is 0 Å². The average Bonchev–Trinajstić information content (AvgIpc) is 2.44. The molecule has 1 heterocycles. The van der Waals surface area contributed by atoms with Crippen LogP contribution in [0.3, 0.4) is 0 Å². The van der Waals surface area contributed by atoms with Gasteiger partial charge in [-0.05, 0) is 63.5 Å². The summed E-state index contributed by atoms with van der Waals surface area (Å²) in [5.41, 5.74) is 0. The molecular formula is C15H28N2O2. The molecule has 0 aromatic rings. The van der Waals surface area contributed by atoms with Crippen molar-refractivity contribution in [2.45, 2.75) is 57.5 Å². The molecule has 3 unspecified atom stereocenters. The van der Waals surface area contributed by atoms with E-state index < -0.39 is 0 Å². The van der Waals surface area contributed by atoms with Gasteiger partial charge in [0.2, 0.25) is 5.91 Å². The maximum atomic E-state index is 11.8. The van der Waals surface area contributed by atoms with Gasteiger partial charge in [0.1, 0.15) is 0 Å². The van der Waals surface area contributed by atoms with Crippen LogP contribution in [0.4, 0.5) is 0 Å². The van der Waals surface area contributed by atoms with Gasteiger partial charge in [-0.25, -0.2) is 0 Å². The first-order chi connectivity index (χ1) is 9.24. The lowest BCUT2D eigenvalue weighted by Gasteiger charge is -2.26. The highest BCUT2D eigenvalue weighted by atomic mass is 16.3. The van der Waals surface area contributed by atoms with Gasteiger partial charge >= 0.3 is 0 Å². The minimum absolute atomic E-state index is 0.149. The minimum Gasteiger partial charge on any atom is -0.393 e. The van der Waals surface area contributed by atoms with Crippen LogP contribution in [-0.2, 0) is 4.79 Å². The number of aliphatic hydroxyl groups is 1. The van der Waals surface area contributed by atoms with Gasteiger partial charge in [0.05, 0.1) is 6.10 Å². The van der Waals surface area contributed by atoms with Crippen LogP contribution in [0, 0.1) is 11.8 Å². The van der Waals surface area contributed by atoms with Crippen LogP contribution in [0.25, 0.3) is 0 Å². The number of nitrogens with one attached hydrogen (secondary N) is 2. The number of hydrogen-bond donors (Lipinski definition) is 3. The van der Waals surface area contributed by atoms with Crippen molar-refractivity contribution in [1.29, 1.82) is 0 Å². The van der Waals surface area contributed by atoms with Crippen molar-refractivity contribution >= 4 is 5.91 Å². The summed E-state index contributed by atoms with van der Waals surface area (Å²) in [5, 5.41) is 16.0. The molecule has 3 atom stereocenters. The van der Waals surface area contributed by atoms with E-state index in [1.165, 1.54) is 12.8 Å². The third-order valence-corrected chi connectivity index (χ3v) is 4.52. The standard InChI is InChI=1S/C15H28N2O2/c18-14-5-1-3-13(9-14)11-17-15(19)7-6-12-4-2-8-16-10-12/h12-14,16,18H,1-11H2,(H,17,19). The fraction of sp³-hybridized carbons (Fsp3) is 0.933. The van der Waals surface area contributed by atoms with Crippen LogP contribution in [0.2, 0.25) is 0 Å². The number of aliphatic hydroxyl groups excluding tert-OH is 1. The van der Waals surface area contributed by atoms with Gasteiger partial charge in [0.15, 0.2) is 0 Å². The molecule has 1 amide bonds. The van der Waals surface area contributed by atoms with Gasteiger partial charge in [-0.15, -0.1) is 0 Å². The summed E-state index contributed by atoms with van der Waals surface area (Å²) in [4.78, 5) is 11.8. The van der Waals surface area contributed by atoms with Gasteiger partial charge < -0.3 is 15.7 Å². The number of hydrogen-bond acceptors (Lipinski definition) is 3. The second-order valence-electron chi connectivity index (χ2n) is 6.24. The zero-order valence-corrected chi connectivity index (χ0v) is 11.9. The second-order valence-corrected chi connectivity index (χ2v) is 6.24. The summed E-state index contributed by atoms with van der Waals surface area (Å²) >= 11 is 0. The summed E-state index contributed by atoms with van der Waals surface area (Å²) in [5.74, 6) is 1.34. The van der Waals surface area contributed by atoms with E-state index >= 15 is 0 Å². The molecule has 0 radical (unpaired) electrons. The number of carbonyl (C=O) groups is 1. The number of rotatable bonds is 5. The lowest BCUT2D eigenvalue weighted by molar-refractivity contribution is -0.121. The smallest absolute Gasteiger partial charge is 0.220 e. The van der Waals surface area contributed by atoms with Crippen LogP contribution in [0.1, 0.15) is 51.4 Å². The van der Waals surface area contributed by atoms with E-state index in [-0.39, 0.29) is 12.0 Å². The topological polar surface area (TPSA) is 61.4 Å². The van der Waals surface area contributed by atoms with Crippen LogP contribution in [-0.4, -0.2) is 36.8 Å². The van der Waals surface area contributed by atoms with Crippen molar-refractivity contribution in [1.82, 2.24) is 10.6 Å². The molecule has 2 rings (SSSR count). The molecule has 4 nitrogen and oxygen atoms in total. The van der Waals surface area contributed by atoms with E-state index in [4.69, 9.17) is 0 Å². The molecule has 2 aliphatic rings. The number of piperidine rings is 1. The summed E-state index contributed by atoms with van der Waals surface area (Å²) < 4.78 is 0. The first-order valence-electron chi connectivity index (χ1n) is 7.89. The van der Waals surface area contributed by atoms with Crippen molar-refractivity contribution < 1.29 is 9.90 Å². The molecule has 3 N–H and O–H groups in total. The van der Waals surface area contributed by atoms with Crippen LogP contribution < -0.4 is 10.6 Å². The van der Waals surface area contributed by atoms with E-state index in [0.717, 1.165) is 51.7 Å². The molecule has 0 aromatic heterocycles. The molecule has 1 saturated carbocycles. The fourth-order valence-corrected chi connectivity index (χ4v) is 3.30. The first kappa shape index (κ1) is 14.8. The monoisotopic (exact) mass is 268 g/mol. The van der Waals surface area contributed by atoms with Crippen molar-refractivity contribution in [2.24, 2.45) is 11.8 Å². The predicted octanol–water partition coefficient (Wildman–Crippen LogP) is 1.43. The van der Waals surface area contributed by atoms with Crippen molar-refractivity contribution in [3.05, 3.63) is 0 Å². The zero-order chi connectivity index (χ0) is 13.5. The molecular weight excluding hydrogens is 240 g/mol. The third-order valence-electron chi connectivity index (χ3n) is 4.52. The SMILES string of the molecule is O=C(CCC1CCCNC1)NCC1CCCC(O)C1. The maximum absolute atomic E-state index is 11.8.